The van der Waals surface area contributed by atoms with Crippen LogP contribution in [0.15, 0.2) is 48.5 Å². The number of carboxylic acid groups (broad SMARTS) is 1. The maximum absolute atomic E-state index is 12.3. The van der Waals surface area contributed by atoms with Gasteiger partial charge in [0, 0.05) is 32.1 Å². The molecule has 4 rings (SSSR count). The summed E-state index contributed by atoms with van der Waals surface area (Å²) in [5.74, 6) is -1.73. The van der Waals surface area contributed by atoms with Gasteiger partial charge in [-0.05, 0) is 22.3 Å². The average Bonchev–Trinajstić information content (AvgIpc) is 3.18. The zero-order valence-electron chi connectivity index (χ0n) is 19.2. The van der Waals surface area contributed by atoms with Crippen molar-refractivity contribution in [1.82, 2.24) is 20.4 Å². The summed E-state index contributed by atoms with van der Waals surface area (Å²) in [7, 11) is 0. The van der Waals surface area contributed by atoms with E-state index in [1.807, 2.05) is 36.4 Å². The van der Waals surface area contributed by atoms with Gasteiger partial charge in [-0.15, -0.1) is 0 Å². The SMILES string of the molecule is O=C(O)CN1CCN(C(=O)CNC(=O)CNC(=O)OCC2c3ccccc3-c3ccccc32)CC1. The molecule has 1 aliphatic carbocycles. The molecule has 10 heteroatoms. The first-order chi connectivity index (χ1) is 16.9. The number of nitrogens with one attached hydrogen (secondary N) is 2. The molecule has 0 radical (unpaired) electrons. The minimum Gasteiger partial charge on any atom is -0.480 e. The highest BCUT2D eigenvalue weighted by Gasteiger charge is 2.29. The predicted octanol–water partition coefficient (Wildman–Crippen LogP) is 0.870. The van der Waals surface area contributed by atoms with E-state index < -0.39 is 18.0 Å². The van der Waals surface area contributed by atoms with Crippen molar-refractivity contribution in [3.8, 4) is 11.1 Å². The highest BCUT2D eigenvalue weighted by atomic mass is 16.5. The van der Waals surface area contributed by atoms with Crippen LogP contribution < -0.4 is 10.6 Å². The lowest BCUT2D eigenvalue weighted by Crippen LogP contribution is -2.52. The number of aliphatic carboxylic acids is 1. The van der Waals surface area contributed by atoms with Crippen LogP contribution in [0.1, 0.15) is 17.0 Å². The predicted molar refractivity (Wildman–Crippen MR) is 127 cm³/mol. The number of hydrogen-bond acceptors (Lipinski definition) is 6. The number of amides is 3. The zero-order chi connectivity index (χ0) is 24.8. The van der Waals surface area contributed by atoms with Crippen LogP contribution in [0.25, 0.3) is 11.1 Å². The Morgan fingerprint density at radius 1 is 0.857 bits per heavy atom. The van der Waals surface area contributed by atoms with Crippen molar-refractivity contribution < 1.29 is 29.0 Å². The van der Waals surface area contributed by atoms with E-state index in [0.717, 1.165) is 22.3 Å². The van der Waals surface area contributed by atoms with Gasteiger partial charge in [-0.3, -0.25) is 19.3 Å². The molecule has 1 heterocycles. The van der Waals surface area contributed by atoms with Gasteiger partial charge in [0.2, 0.25) is 11.8 Å². The Hall–Kier alpha value is -3.92. The second-order valence-electron chi connectivity index (χ2n) is 8.51. The number of rotatable bonds is 8. The van der Waals surface area contributed by atoms with Crippen LogP contribution in [0.2, 0.25) is 0 Å². The number of nitrogens with zero attached hydrogens (tertiary/aromatic N) is 2. The Kier molecular flexibility index (Phi) is 7.61. The van der Waals surface area contributed by atoms with E-state index in [0.29, 0.717) is 26.2 Å². The fourth-order valence-corrected chi connectivity index (χ4v) is 4.50. The minimum atomic E-state index is -0.902. The first-order valence-electron chi connectivity index (χ1n) is 11.5. The second kappa shape index (κ2) is 11.0. The van der Waals surface area contributed by atoms with Gasteiger partial charge in [-0.25, -0.2) is 4.79 Å². The number of hydrogen-bond donors (Lipinski definition) is 3. The molecule has 3 amide bonds. The number of piperazine rings is 1. The molecular weight excluding hydrogens is 452 g/mol. The number of benzene rings is 2. The molecule has 184 valence electrons. The van der Waals surface area contributed by atoms with E-state index in [1.165, 1.54) is 0 Å². The Bertz CT molecular complexity index is 1070. The Balaban J connectivity index is 1.17. The Labute approximate surface area is 202 Å². The number of carbonyl (C=O) groups excluding carboxylic acids is 3. The summed E-state index contributed by atoms with van der Waals surface area (Å²) in [6.07, 6.45) is -0.706. The monoisotopic (exact) mass is 480 g/mol. The van der Waals surface area contributed by atoms with Crippen molar-refractivity contribution in [2.75, 3.05) is 52.4 Å². The van der Waals surface area contributed by atoms with Gasteiger partial charge in [0.1, 0.15) is 13.2 Å². The van der Waals surface area contributed by atoms with Crippen LogP contribution in [-0.4, -0.2) is 91.2 Å². The molecule has 0 saturated carbocycles. The largest absolute Gasteiger partial charge is 0.480 e. The maximum atomic E-state index is 12.3. The van der Waals surface area contributed by atoms with Crippen molar-refractivity contribution in [3.63, 3.8) is 0 Å². The van der Waals surface area contributed by atoms with Gasteiger partial charge in [0.05, 0.1) is 13.1 Å². The molecule has 3 N–H and O–H groups in total. The molecule has 0 atom stereocenters. The molecule has 0 bridgehead atoms. The smallest absolute Gasteiger partial charge is 0.407 e. The third kappa shape index (κ3) is 5.96. The van der Waals surface area contributed by atoms with E-state index in [2.05, 4.69) is 22.8 Å². The average molecular weight is 481 g/mol. The summed E-state index contributed by atoms with van der Waals surface area (Å²) in [5.41, 5.74) is 4.46. The standard InChI is InChI=1S/C25H28N4O6/c30-22(26-14-23(31)29-11-9-28(10-12-29)15-24(32)33)13-27-25(34)35-16-21-19-7-3-1-5-17(19)18-6-2-4-8-20(18)21/h1-8,21H,9-16H2,(H,26,30)(H,27,34)(H,32,33). The topological polar surface area (TPSA) is 128 Å². The van der Waals surface area contributed by atoms with E-state index >= 15 is 0 Å². The lowest BCUT2D eigenvalue weighted by molar-refractivity contribution is -0.139. The first-order valence-corrected chi connectivity index (χ1v) is 11.5. The maximum Gasteiger partial charge on any atom is 0.407 e. The van der Waals surface area contributed by atoms with Crippen molar-refractivity contribution in [2.45, 2.75) is 5.92 Å². The summed E-state index contributed by atoms with van der Waals surface area (Å²) < 4.78 is 5.40. The van der Waals surface area contributed by atoms with E-state index in [1.54, 1.807) is 9.80 Å². The third-order valence-corrected chi connectivity index (χ3v) is 6.26. The zero-order valence-corrected chi connectivity index (χ0v) is 19.2. The van der Waals surface area contributed by atoms with Crippen LogP contribution in [0.5, 0.6) is 0 Å². The number of alkyl carbamates (subject to hydrolysis) is 1. The fraction of sp³-hybridized carbons (Fsp3) is 0.360. The molecule has 35 heavy (non-hydrogen) atoms. The van der Waals surface area contributed by atoms with Gasteiger partial charge in [-0.2, -0.15) is 0 Å². The molecule has 2 aliphatic rings. The quantitative estimate of drug-likeness (QED) is 0.511. The van der Waals surface area contributed by atoms with Gasteiger partial charge in [0.15, 0.2) is 0 Å². The van der Waals surface area contributed by atoms with Crippen molar-refractivity contribution in [2.24, 2.45) is 0 Å². The van der Waals surface area contributed by atoms with Crippen molar-refractivity contribution in [1.29, 1.82) is 0 Å². The van der Waals surface area contributed by atoms with E-state index in [9.17, 15) is 19.2 Å². The molecule has 0 unspecified atom stereocenters. The lowest BCUT2D eigenvalue weighted by Gasteiger charge is -2.33. The van der Waals surface area contributed by atoms with Crippen LogP contribution in [0.4, 0.5) is 4.79 Å². The number of carbonyl (C=O) groups is 4. The third-order valence-electron chi connectivity index (χ3n) is 6.26. The normalized spacial score (nSPS) is 15.1. The number of fused-ring (bicyclic) bond motifs is 3. The Morgan fingerprint density at radius 2 is 1.46 bits per heavy atom. The molecule has 10 nitrogen and oxygen atoms in total. The van der Waals surface area contributed by atoms with Gasteiger partial charge >= 0.3 is 12.1 Å². The molecule has 2 aromatic rings. The summed E-state index contributed by atoms with van der Waals surface area (Å²) >= 11 is 0. The Morgan fingerprint density at radius 3 is 2.06 bits per heavy atom. The van der Waals surface area contributed by atoms with Crippen LogP contribution in [-0.2, 0) is 19.1 Å². The van der Waals surface area contributed by atoms with Crippen molar-refractivity contribution in [3.05, 3.63) is 59.7 Å². The first kappa shape index (κ1) is 24.2. The summed E-state index contributed by atoms with van der Waals surface area (Å²) in [6.45, 7) is 1.33. The number of ether oxygens (including phenoxy) is 1. The second-order valence-corrected chi connectivity index (χ2v) is 8.51. The van der Waals surface area contributed by atoms with Gasteiger partial charge < -0.3 is 25.4 Å². The molecular formula is C25H28N4O6. The fourth-order valence-electron chi connectivity index (χ4n) is 4.50. The van der Waals surface area contributed by atoms with E-state index in [4.69, 9.17) is 9.84 Å². The van der Waals surface area contributed by atoms with Crippen LogP contribution >= 0.6 is 0 Å². The van der Waals surface area contributed by atoms with Crippen LogP contribution in [0.3, 0.4) is 0 Å². The summed E-state index contributed by atoms with van der Waals surface area (Å²) in [5, 5.41) is 13.7. The lowest BCUT2D eigenvalue weighted by atomic mass is 9.98. The van der Waals surface area contributed by atoms with E-state index in [-0.39, 0.29) is 38.1 Å². The molecule has 0 spiro atoms. The highest BCUT2D eigenvalue weighted by molar-refractivity contribution is 5.87. The van der Waals surface area contributed by atoms with Crippen molar-refractivity contribution >= 4 is 23.9 Å². The van der Waals surface area contributed by atoms with Gasteiger partial charge in [-0.1, -0.05) is 48.5 Å². The summed E-state index contributed by atoms with van der Waals surface area (Å²) in [6, 6.07) is 16.0. The highest BCUT2D eigenvalue weighted by Crippen LogP contribution is 2.44. The van der Waals surface area contributed by atoms with Gasteiger partial charge in [0.25, 0.3) is 0 Å². The number of carboxylic acids is 1. The molecule has 1 aliphatic heterocycles. The molecule has 0 aromatic heterocycles. The molecule has 1 fully saturated rings. The minimum absolute atomic E-state index is 0.0553. The van der Waals surface area contributed by atoms with Crippen LogP contribution in [0, 0.1) is 0 Å². The molecule has 2 aromatic carbocycles. The molecule has 1 saturated heterocycles. The summed E-state index contributed by atoms with van der Waals surface area (Å²) in [4.78, 5) is 50.6.